The van der Waals surface area contributed by atoms with Gasteiger partial charge in [-0.2, -0.15) is 0 Å². The summed E-state index contributed by atoms with van der Waals surface area (Å²) in [5, 5.41) is 13.0. The first kappa shape index (κ1) is 15.4. The predicted molar refractivity (Wildman–Crippen MR) is 78.3 cm³/mol. The Morgan fingerprint density at radius 2 is 2.00 bits per heavy atom. The van der Waals surface area contributed by atoms with Crippen LogP contribution in [0.3, 0.4) is 0 Å². The number of nitrogens with one attached hydrogen (secondary N) is 1. The van der Waals surface area contributed by atoms with Gasteiger partial charge in [0.15, 0.2) is 6.61 Å². The molecule has 1 amide bonds. The first-order valence-corrected chi connectivity index (χ1v) is 7.33. The van der Waals surface area contributed by atoms with Crippen molar-refractivity contribution in [1.29, 1.82) is 0 Å². The summed E-state index contributed by atoms with van der Waals surface area (Å²) in [5.74, 6) is 0.411. The molecule has 0 bridgehead atoms. The highest BCUT2D eigenvalue weighted by Crippen LogP contribution is 2.25. The van der Waals surface area contributed by atoms with Crippen molar-refractivity contribution in [3.8, 4) is 5.75 Å². The van der Waals surface area contributed by atoms with Gasteiger partial charge in [-0.25, -0.2) is 0 Å². The van der Waals surface area contributed by atoms with Crippen LogP contribution >= 0.6 is 23.2 Å². The summed E-state index contributed by atoms with van der Waals surface area (Å²) in [6.07, 6.45) is 2.88. The summed E-state index contributed by atoms with van der Waals surface area (Å²) in [5.41, 5.74) is 0. The van der Waals surface area contributed by atoms with E-state index in [9.17, 15) is 9.90 Å². The van der Waals surface area contributed by atoms with E-state index in [0.717, 1.165) is 19.3 Å². The van der Waals surface area contributed by atoms with Crippen LogP contribution in [-0.4, -0.2) is 30.3 Å². The van der Waals surface area contributed by atoms with Gasteiger partial charge < -0.3 is 15.2 Å². The number of hydrogen-bond acceptors (Lipinski definition) is 3. The molecule has 2 rings (SSSR count). The Balaban J connectivity index is 1.83. The van der Waals surface area contributed by atoms with Crippen LogP contribution in [0.25, 0.3) is 0 Å². The summed E-state index contributed by atoms with van der Waals surface area (Å²) >= 11 is 11.7. The lowest BCUT2D eigenvalue weighted by molar-refractivity contribution is -0.124. The zero-order valence-electron chi connectivity index (χ0n) is 10.9. The van der Waals surface area contributed by atoms with Gasteiger partial charge in [-0.15, -0.1) is 0 Å². The van der Waals surface area contributed by atoms with Crippen molar-refractivity contribution in [3.05, 3.63) is 28.2 Å². The molecule has 1 fully saturated rings. The van der Waals surface area contributed by atoms with Gasteiger partial charge in [0.05, 0.1) is 0 Å². The number of aliphatic hydroxyl groups is 1. The van der Waals surface area contributed by atoms with Gasteiger partial charge in [-0.1, -0.05) is 29.6 Å². The number of carbonyl (C=O) groups excluding carboxylic acids is 1. The van der Waals surface area contributed by atoms with Crippen LogP contribution in [0.2, 0.25) is 10.0 Å². The fourth-order valence-corrected chi connectivity index (χ4v) is 2.96. The number of rotatable bonds is 5. The van der Waals surface area contributed by atoms with E-state index >= 15 is 0 Å². The molecule has 0 saturated heterocycles. The summed E-state index contributed by atoms with van der Waals surface area (Å²) in [6.45, 7) is 0.0149. The van der Waals surface area contributed by atoms with E-state index < -0.39 is 0 Å². The normalized spacial score (nSPS) is 21.8. The molecule has 1 saturated carbocycles. The Morgan fingerprint density at radius 1 is 1.30 bits per heavy atom. The van der Waals surface area contributed by atoms with Crippen LogP contribution in [-0.2, 0) is 4.79 Å². The number of carbonyl (C=O) groups is 1. The summed E-state index contributed by atoms with van der Waals surface area (Å²) in [6, 6.07) is 4.85. The van der Waals surface area contributed by atoms with Crippen molar-refractivity contribution in [2.24, 2.45) is 5.92 Å². The Kier molecular flexibility index (Phi) is 5.52. The van der Waals surface area contributed by atoms with Crippen LogP contribution in [0, 0.1) is 5.92 Å². The van der Waals surface area contributed by atoms with Gasteiger partial charge in [0.1, 0.15) is 5.75 Å². The molecule has 0 radical (unpaired) electrons. The lowest BCUT2D eigenvalue weighted by atomic mass is 10.1. The van der Waals surface area contributed by atoms with Crippen molar-refractivity contribution in [2.45, 2.75) is 25.3 Å². The van der Waals surface area contributed by atoms with Gasteiger partial charge >= 0.3 is 0 Å². The summed E-state index contributed by atoms with van der Waals surface area (Å²) < 4.78 is 5.37. The Hall–Kier alpha value is -0.970. The average Bonchev–Trinajstić information content (AvgIpc) is 2.82. The van der Waals surface area contributed by atoms with E-state index in [4.69, 9.17) is 27.9 Å². The Bertz CT molecular complexity index is 461. The highest BCUT2D eigenvalue weighted by molar-refractivity contribution is 6.34. The highest BCUT2D eigenvalue weighted by atomic mass is 35.5. The number of ether oxygens (including phenoxy) is 1. The van der Waals surface area contributed by atoms with E-state index in [0.29, 0.717) is 15.8 Å². The van der Waals surface area contributed by atoms with Gasteiger partial charge in [0.2, 0.25) is 0 Å². The molecule has 110 valence electrons. The zero-order chi connectivity index (χ0) is 14.5. The number of halogens is 2. The molecule has 2 N–H and O–H groups in total. The molecule has 1 aromatic rings. The molecular formula is C14H17Cl2NO3. The minimum atomic E-state index is -0.202. The number of amides is 1. The van der Waals surface area contributed by atoms with E-state index in [1.165, 1.54) is 0 Å². The lowest BCUT2D eigenvalue weighted by Crippen LogP contribution is -2.40. The smallest absolute Gasteiger partial charge is 0.258 e. The van der Waals surface area contributed by atoms with Crippen molar-refractivity contribution in [3.63, 3.8) is 0 Å². The number of benzene rings is 1. The van der Waals surface area contributed by atoms with E-state index in [2.05, 4.69) is 5.32 Å². The second-order valence-corrected chi connectivity index (χ2v) is 5.81. The monoisotopic (exact) mass is 317 g/mol. The first-order valence-electron chi connectivity index (χ1n) is 6.57. The van der Waals surface area contributed by atoms with Gasteiger partial charge in [-0.05, 0) is 31.0 Å². The molecule has 0 aromatic heterocycles. The van der Waals surface area contributed by atoms with Crippen molar-refractivity contribution >= 4 is 29.1 Å². The van der Waals surface area contributed by atoms with Crippen LogP contribution in [0.5, 0.6) is 5.75 Å². The molecule has 4 nitrogen and oxygen atoms in total. The predicted octanol–water partition coefficient (Wildman–Crippen LogP) is 2.65. The third-order valence-electron chi connectivity index (χ3n) is 3.45. The van der Waals surface area contributed by atoms with Crippen LogP contribution in [0.4, 0.5) is 0 Å². The lowest BCUT2D eigenvalue weighted by Gasteiger charge is -2.19. The molecule has 2 atom stereocenters. The van der Waals surface area contributed by atoms with Gasteiger partial charge in [0, 0.05) is 28.6 Å². The molecule has 0 aliphatic heterocycles. The average molecular weight is 318 g/mol. The van der Waals surface area contributed by atoms with Crippen molar-refractivity contribution in [2.75, 3.05) is 13.2 Å². The largest absolute Gasteiger partial charge is 0.484 e. The van der Waals surface area contributed by atoms with Gasteiger partial charge in [0.25, 0.3) is 5.91 Å². The fourth-order valence-electron chi connectivity index (χ4n) is 2.45. The van der Waals surface area contributed by atoms with Crippen LogP contribution < -0.4 is 10.1 Å². The van der Waals surface area contributed by atoms with Crippen LogP contribution in [0.15, 0.2) is 18.2 Å². The molecule has 1 aromatic carbocycles. The maximum Gasteiger partial charge on any atom is 0.258 e. The standard InChI is InChI=1S/C14H17Cl2NO3/c15-10-4-11(16)6-12(5-10)20-8-14(19)17-13-3-1-2-9(13)7-18/h4-6,9,13,18H,1-3,7-8H2,(H,17,19)/t9-,13-/m1/s1. The molecule has 20 heavy (non-hydrogen) atoms. The van der Waals surface area contributed by atoms with Gasteiger partial charge in [-0.3, -0.25) is 4.79 Å². The second kappa shape index (κ2) is 7.16. The number of aliphatic hydroxyl groups excluding tert-OH is 1. The quantitative estimate of drug-likeness (QED) is 0.877. The van der Waals surface area contributed by atoms with Crippen LogP contribution in [0.1, 0.15) is 19.3 Å². The van der Waals surface area contributed by atoms with Crippen molar-refractivity contribution in [1.82, 2.24) is 5.32 Å². The summed E-state index contributed by atoms with van der Waals surface area (Å²) in [7, 11) is 0. The number of hydrogen-bond donors (Lipinski definition) is 2. The SMILES string of the molecule is O=C(COc1cc(Cl)cc(Cl)c1)N[C@@H]1CCC[C@@H]1CO. The fraction of sp³-hybridized carbons (Fsp3) is 0.500. The molecule has 1 aliphatic carbocycles. The van der Waals surface area contributed by atoms with Crippen molar-refractivity contribution < 1.29 is 14.6 Å². The minimum absolute atomic E-state index is 0.0408. The first-order chi connectivity index (χ1) is 9.58. The van der Waals surface area contributed by atoms with E-state index in [1.807, 2.05) is 0 Å². The molecule has 0 unspecified atom stereocenters. The minimum Gasteiger partial charge on any atom is -0.484 e. The highest BCUT2D eigenvalue weighted by Gasteiger charge is 2.27. The molecule has 6 heteroatoms. The summed E-state index contributed by atoms with van der Waals surface area (Å²) in [4.78, 5) is 11.8. The second-order valence-electron chi connectivity index (χ2n) is 4.94. The third kappa shape index (κ3) is 4.27. The third-order valence-corrected chi connectivity index (χ3v) is 3.88. The molecule has 0 spiro atoms. The maximum atomic E-state index is 11.8. The molecular weight excluding hydrogens is 301 g/mol. The Morgan fingerprint density at radius 3 is 2.65 bits per heavy atom. The molecule has 1 aliphatic rings. The van der Waals surface area contributed by atoms with E-state index in [1.54, 1.807) is 18.2 Å². The van der Waals surface area contributed by atoms with E-state index in [-0.39, 0.29) is 31.1 Å². The molecule has 0 heterocycles. The topological polar surface area (TPSA) is 58.6 Å². The Labute approximate surface area is 128 Å². The zero-order valence-corrected chi connectivity index (χ0v) is 12.5. The maximum absolute atomic E-state index is 11.8.